The minimum absolute atomic E-state index is 0.128. The van der Waals surface area contributed by atoms with E-state index in [0.29, 0.717) is 25.7 Å². The summed E-state index contributed by atoms with van der Waals surface area (Å²) in [5.74, 6) is -0.270. The van der Waals surface area contributed by atoms with Crippen molar-refractivity contribution in [1.82, 2.24) is 0 Å². The predicted molar refractivity (Wildman–Crippen MR) is 63.4 cm³/mol. The van der Waals surface area contributed by atoms with Gasteiger partial charge in [0.1, 0.15) is 5.78 Å². The summed E-state index contributed by atoms with van der Waals surface area (Å²) >= 11 is 0. The number of ketones is 1. The zero-order chi connectivity index (χ0) is 12.9. The molecular formula is C13H20O4. The van der Waals surface area contributed by atoms with Crippen molar-refractivity contribution in [3.63, 3.8) is 0 Å². The summed E-state index contributed by atoms with van der Waals surface area (Å²) in [6, 6.07) is 0. The molecule has 0 aliphatic heterocycles. The van der Waals surface area contributed by atoms with Crippen molar-refractivity contribution < 1.29 is 19.4 Å². The fraction of sp³-hybridized carbons (Fsp3) is 0.692. The molecule has 96 valence electrons. The molecule has 2 atom stereocenters. The van der Waals surface area contributed by atoms with Gasteiger partial charge in [-0.1, -0.05) is 13.0 Å². The third-order valence-electron chi connectivity index (χ3n) is 3.54. The smallest absolute Gasteiger partial charge is 0.330 e. The van der Waals surface area contributed by atoms with Crippen molar-refractivity contribution in [3.8, 4) is 0 Å². The minimum Gasteiger partial charge on any atom is -0.466 e. The Balaban J connectivity index is 2.51. The highest BCUT2D eigenvalue weighted by molar-refractivity contribution is 5.86. The lowest BCUT2D eigenvalue weighted by atomic mass is 9.69. The van der Waals surface area contributed by atoms with Crippen molar-refractivity contribution in [1.29, 1.82) is 0 Å². The Morgan fingerprint density at radius 1 is 1.65 bits per heavy atom. The molecule has 0 amide bonds. The molecule has 1 N–H and O–H groups in total. The SMILES string of the molecule is COC(=O)/C=C/CC[C@]1(C)C(=O)CCC[C@@H]1O. The molecule has 1 saturated carbocycles. The second-order valence-corrected chi connectivity index (χ2v) is 4.71. The summed E-state index contributed by atoms with van der Waals surface area (Å²) in [5, 5.41) is 9.92. The van der Waals surface area contributed by atoms with E-state index in [1.807, 2.05) is 6.92 Å². The zero-order valence-corrected chi connectivity index (χ0v) is 10.4. The minimum atomic E-state index is -0.654. The van der Waals surface area contributed by atoms with E-state index >= 15 is 0 Å². The Morgan fingerprint density at radius 2 is 2.35 bits per heavy atom. The average molecular weight is 240 g/mol. The molecule has 1 aliphatic rings. The number of carbonyl (C=O) groups is 2. The lowest BCUT2D eigenvalue weighted by molar-refractivity contribution is -0.139. The number of aliphatic hydroxyl groups excluding tert-OH is 1. The van der Waals surface area contributed by atoms with Gasteiger partial charge in [-0.2, -0.15) is 0 Å². The molecule has 0 saturated heterocycles. The summed E-state index contributed by atoms with van der Waals surface area (Å²) in [6.45, 7) is 1.81. The molecule has 0 aromatic carbocycles. The number of ether oxygens (including phenoxy) is 1. The number of esters is 1. The van der Waals surface area contributed by atoms with Crippen LogP contribution in [-0.2, 0) is 14.3 Å². The second kappa shape index (κ2) is 5.96. The fourth-order valence-electron chi connectivity index (χ4n) is 2.18. The summed E-state index contributed by atoms with van der Waals surface area (Å²) in [5.41, 5.74) is -0.654. The molecule has 0 bridgehead atoms. The van der Waals surface area contributed by atoms with Crippen LogP contribution in [0.1, 0.15) is 39.0 Å². The lowest BCUT2D eigenvalue weighted by Gasteiger charge is -2.36. The fourth-order valence-corrected chi connectivity index (χ4v) is 2.18. The third-order valence-corrected chi connectivity index (χ3v) is 3.54. The quantitative estimate of drug-likeness (QED) is 0.599. The second-order valence-electron chi connectivity index (χ2n) is 4.71. The third kappa shape index (κ3) is 3.40. The van der Waals surface area contributed by atoms with Crippen molar-refractivity contribution in [2.45, 2.75) is 45.1 Å². The first-order valence-electron chi connectivity index (χ1n) is 5.96. The van der Waals surface area contributed by atoms with Gasteiger partial charge in [0.15, 0.2) is 0 Å². The largest absolute Gasteiger partial charge is 0.466 e. The number of hydrogen-bond donors (Lipinski definition) is 1. The summed E-state index contributed by atoms with van der Waals surface area (Å²) < 4.78 is 4.47. The average Bonchev–Trinajstić information content (AvgIpc) is 2.31. The van der Waals surface area contributed by atoms with Crippen molar-refractivity contribution in [2.24, 2.45) is 5.41 Å². The molecule has 0 spiro atoms. The van der Waals surface area contributed by atoms with Crippen molar-refractivity contribution in [2.75, 3.05) is 7.11 Å². The monoisotopic (exact) mass is 240 g/mol. The van der Waals surface area contributed by atoms with Gasteiger partial charge >= 0.3 is 5.97 Å². The van der Waals surface area contributed by atoms with Crippen LogP contribution in [-0.4, -0.2) is 30.1 Å². The van der Waals surface area contributed by atoms with Crippen LogP contribution in [0.4, 0.5) is 0 Å². The highest BCUT2D eigenvalue weighted by atomic mass is 16.5. The van der Waals surface area contributed by atoms with E-state index in [4.69, 9.17) is 0 Å². The van der Waals surface area contributed by atoms with Crippen molar-refractivity contribution in [3.05, 3.63) is 12.2 Å². The molecule has 4 nitrogen and oxygen atoms in total. The summed E-state index contributed by atoms with van der Waals surface area (Å²) in [7, 11) is 1.32. The first-order chi connectivity index (χ1) is 8.00. The van der Waals surface area contributed by atoms with E-state index in [0.717, 1.165) is 6.42 Å². The normalized spacial score (nSPS) is 29.6. The Hall–Kier alpha value is -1.16. The predicted octanol–water partition coefficient (Wildman–Crippen LogP) is 1.62. The lowest BCUT2D eigenvalue weighted by Crippen LogP contribution is -2.43. The zero-order valence-electron chi connectivity index (χ0n) is 10.4. The number of Topliss-reactive ketones (excluding diaryl/α,β-unsaturated/α-hetero) is 1. The van der Waals surface area contributed by atoms with E-state index in [9.17, 15) is 14.7 Å². The van der Waals surface area contributed by atoms with Crippen LogP contribution in [0.2, 0.25) is 0 Å². The molecule has 1 aliphatic carbocycles. The van der Waals surface area contributed by atoms with Crippen LogP contribution in [0, 0.1) is 5.41 Å². The topological polar surface area (TPSA) is 63.6 Å². The van der Waals surface area contributed by atoms with Gasteiger partial charge in [0, 0.05) is 12.5 Å². The molecular weight excluding hydrogens is 220 g/mol. The van der Waals surface area contributed by atoms with E-state index in [-0.39, 0.29) is 5.78 Å². The van der Waals surface area contributed by atoms with Crippen LogP contribution < -0.4 is 0 Å². The van der Waals surface area contributed by atoms with E-state index in [2.05, 4.69) is 4.74 Å². The Kier molecular flexibility index (Phi) is 4.87. The standard InChI is InChI=1S/C13H20O4/c1-13(9-4-3-8-12(16)17-2)10(14)6-5-7-11(13)15/h3,8,10,14H,4-7,9H2,1-2H3/b8-3+/t10-,13-/m0/s1. The highest BCUT2D eigenvalue weighted by Gasteiger charge is 2.41. The number of carbonyl (C=O) groups excluding carboxylic acids is 2. The van der Waals surface area contributed by atoms with E-state index < -0.39 is 17.5 Å². The Morgan fingerprint density at radius 3 is 2.94 bits per heavy atom. The van der Waals surface area contributed by atoms with Crippen LogP contribution in [0.5, 0.6) is 0 Å². The number of rotatable bonds is 4. The van der Waals surface area contributed by atoms with Gasteiger partial charge in [-0.05, 0) is 25.7 Å². The molecule has 1 rings (SSSR count). The first-order valence-corrected chi connectivity index (χ1v) is 5.96. The van der Waals surface area contributed by atoms with Gasteiger partial charge in [-0.25, -0.2) is 4.79 Å². The van der Waals surface area contributed by atoms with E-state index in [1.165, 1.54) is 13.2 Å². The van der Waals surface area contributed by atoms with Crippen LogP contribution in [0.15, 0.2) is 12.2 Å². The molecule has 1 fully saturated rings. The first kappa shape index (κ1) is 13.9. The summed E-state index contributed by atoms with van der Waals surface area (Å²) in [4.78, 5) is 22.7. The molecule has 0 aromatic rings. The van der Waals surface area contributed by atoms with Gasteiger partial charge < -0.3 is 9.84 Å². The summed E-state index contributed by atoms with van der Waals surface area (Å²) in [6.07, 6.45) is 5.64. The van der Waals surface area contributed by atoms with Gasteiger partial charge in [0.2, 0.25) is 0 Å². The maximum atomic E-state index is 11.8. The number of aliphatic hydroxyl groups is 1. The van der Waals surface area contributed by atoms with Gasteiger partial charge in [-0.3, -0.25) is 4.79 Å². The van der Waals surface area contributed by atoms with Crippen LogP contribution >= 0.6 is 0 Å². The van der Waals surface area contributed by atoms with Crippen molar-refractivity contribution >= 4 is 11.8 Å². The maximum absolute atomic E-state index is 11.8. The highest BCUT2D eigenvalue weighted by Crippen LogP contribution is 2.37. The van der Waals surface area contributed by atoms with E-state index in [1.54, 1.807) is 6.08 Å². The Bertz CT molecular complexity index is 321. The number of methoxy groups -OCH3 is 1. The molecule has 17 heavy (non-hydrogen) atoms. The molecule has 0 heterocycles. The molecule has 4 heteroatoms. The maximum Gasteiger partial charge on any atom is 0.330 e. The van der Waals surface area contributed by atoms with Gasteiger partial charge in [0.25, 0.3) is 0 Å². The van der Waals surface area contributed by atoms with Crippen LogP contribution in [0.3, 0.4) is 0 Å². The molecule has 0 aromatic heterocycles. The molecule has 0 unspecified atom stereocenters. The number of hydrogen-bond acceptors (Lipinski definition) is 4. The van der Waals surface area contributed by atoms with Crippen LogP contribution in [0.25, 0.3) is 0 Å². The molecule has 0 radical (unpaired) electrons. The van der Waals surface area contributed by atoms with Gasteiger partial charge in [0.05, 0.1) is 18.6 Å². The Labute approximate surface area is 102 Å². The number of allylic oxidation sites excluding steroid dienone is 1. The van der Waals surface area contributed by atoms with Gasteiger partial charge in [-0.15, -0.1) is 0 Å².